The zero-order valence-corrected chi connectivity index (χ0v) is 15.7. The molecule has 1 unspecified atom stereocenters. The van der Waals surface area contributed by atoms with Crippen LogP contribution in [0.3, 0.4) is 0 Å². The van der Waals surface area contributed by atoms with Crippen LogP contribution in [0.2, 0.25) is 0 Å². The molecule has 1 atom stereocenters. The molecule has 0 aliphatic carbocycles. The van der Waals surface area contributed by atoms with Crippen molar-refractivity contribution in [2.45, 2.75) is 12.5 Å². The first kappa shape index (κ1) is 16.7. The van der Waals surface area contributed by atoms with E-state index in [1.165, 1.54) is 16.8 Å². The number of aromatic nitrogens is 4. The van der Waals surface area contributed by atoms with Crippen molar-refractivity contribution in [1.82, 2.24) is 19.7 Å². The van der Waals surface area contributed by atoms with Crippen LogP contribution in [0.4, 0.5) is 5.95 Å². The minimum absolute atomic E-state index is 0.212. The molecule has 138 valence electrons. The van der Waals surface area contributed by atoms with Gasteiger partial charge in [-0.1, -0.05) is 60.7 Å². The van der Waals surface area contributed by atoms with Crippen LogP contribution < -0.4 is 4.90 Å². The number of rotatable bonds is 3. The fraction of sp³-hybridized carbons (Fsp3) is 0.174. The number of hydrogen-bond donors (Lipinski definition) is 0. The van der Waals surface area contributed by atoms with Crippen LogP contribution in [-0.4, -0.2) is 26.3 Å². The molecule has 0 saturated carbocycles. The zero-order valence-electron chi connectivity index (χ0n) is 15.7. The average Bonchev–Trinajstić information content (AvgIpc) is 3.11. The maximum Gasteiger partial charge on any atom is 0.225 e. The van der Waals surface area contributed by atoms with Crippen LogP contribution in [0.15, 0.2) is 79.1 Å². The van der Waals surface area contributed by atoms with Gasteiger partial charge in [0.15, 0.2) is 0 Å². The second-order valence-corrected chi connectivity index (χ2v) is 7.09. The Morgan fingerprint density at radius 2 is 1.54 bits per heavy atom. The Hall–Kier alpha value is -3.47. The van der Waals surface area contributed by atoms with E-state index >= 15 is 0 Å². The van der Waals surface area contributed by atoms with Crippen molar-refractivity contribution in [2.24, 2.45) is 7.05 Å². The van der Waals surface area contributed by atoms with Gasteiger partial charge in [0.25, 0.3) is 0 Å². The molecule has 2 aromatic carbocycles. The molecule has 4 aromatic rings. The molecular formula is C23H21N5. The van der Waals surface area contributed by atoms with E-state index in [1.807, 2.05) is 12.1 Å². The minimum Gasteiger partial charge on any atom is -0.335 e. The number of benzene rings is 2. The standard InChI is InChI=1S/C23H21N5/c1-27-22-19(17-9-4-2-5-10-17)15-28(23-24-13-8-14-25-23)16-20(22)21(26-27)18-11-6-3-7-12-18/h2-14,19H,15-16H2,1H3. The summed E-state index contributed by atoms with van der Waals surface area (Å²) in [4.78, 5) is 11.3. The summed E-state index contributed by atoms with van der Waals surface area (Å²) in [5, 5.41) is 4.92. The molecule has 5 nitrogen and oxygen atoms in total. The first-order chi connectivity index (χ1) is 13.8. The molecule has 0 amide bonds. The molecule has 0 bridgehead atoms. The fourth-order valence-corrected chi connectivity index (χ4v) is 4.12. The Balaban J connectivity index is 1.68. The maximum atomic E-state index is 4.92. The quantitative estimate of drug-likeness (QED) is 0.548. The van der Waals surface area contributed by atoms with Crippen molar-refractivity contribution in [3.63, 3.8) is 0 Å². The van der Waals surface area contributed by atoms with Gasteiger partial charge in [0.05, 0.1) is 11.4 Å². The van der Waals surface area contributed by atoms with E-state index in [4.69, 9.17) is 5.10 Å². The molecule has 0 spiro atoms. The molecule has 3 heterocycles. The molecular weight excluding hydrogens is 346 g/mol. The summed E-state index contributed by atoms with van der Waals surface area (Å²) in [6.45, 7) is 1.58. The fourth-order valence-electron chi connectivity index (χ4n) is 4.12. The molecule has 1 aliphatic heterocycles. The molecule has 28 heavy (non-hydrogen) atoms. The summed E-state index contributed by atoms with van der Waals surface area (Å²) in [6, 6.07) is 22.9. The lowest BCUT2D eigenvalue weighted by molar-refractivity contribution is 0.595. The van der Waals surface area contributed by atoms with E-state index in [0.29, 0.717) is 0 Å². The minimum atomic E-state index is 0.212. The molecule has 0 radical (unpaired) electrons. The van der Waals surface area contributed by atoms with Crippen molar-refractivity contribution in [3.05, 3.63) is 95.9 Å². The van der Waals surface area contributed by atoms with Gasteiger partial charge < -0.3 is 4.90 Å². The van der Waals surface area contributed by atoms with E-state index in [-0.39, 0.29) is 5.92 Å². The van der Waals surface area contributed by atoms with Gasteiger partial charge in [-0.15, -0.1) is 0 Å². The largest absolute Gasteiger partial charge is 0.335 e. The Labute approximate surface area is 164 Å². The third-order valence-electron chi connectivity index (χ3n) is 5.36. The Bertz CT molecular complexity index is 1070. The van der Waals surface area contributed by atoms with Crippen molar-refractivity contribution in [2.75, 3.05) is 11.4 Å². The topological polar surface area (TPSA) is 46.8 Å². The number of aryl methyl sites for hydroxylation is 1. The molecule has 0 fully saturated rings. The second kappa shape index (κ2) is 6.93. The third kappa shape index (κ3) is 2.85. The van der Waals surface area contributed by atoms with Gasteiger partial charge in [0.2, 0.25) is 5.95 Å². The lowest BCUT2D eigenvalue weighted by atomic mass is 9.88. The van der Waals surface area contributed by atoms with Gasteiger partial charge in [0.1, 0.15) is 0 Å². The van der Waals surface area contributed by atoms with E-state index < -0.39 is 0 Å². The van der Waals surface area contributed by atoms with Gasteiger partial charge in [-0.25, -0.2) is 9.97 Å². The van der Waals surface area contributed by atoms with Crippen LogP contribution >= 0.6 is 0 Å². The zero-order chi connectivity index (χ0) is 18.9. The van der Waals surface area contributed by atoms with Crippen molar-refractivity contribution in [1.29, 1.82) is 0 Å². The molecule has 5 rings (SSSR count). The predicted molar refractivity (Wildman–Crippen MR) is 110 cm³/mol. The molecule has 0 saturated heterocycles. The van der Waals surface area contributed by atoms with Crippen LogP contribution in [-0.2, 0) is 13.6 Å². The van der Waals surface area contributed by atoms with Crippen molar-refractivity contribution < 1.29 is 0 Å². The lowest BCUT2D eigenvalue weighted by Gasteiger charge is -2.33. The molecule has 2 aromatic heterocycles. The predicted octanol–water partition coefficient (Wildman–Crippen LogP) is 4.03. The molecule has 5 heteroatoms. The number of nitrogens with zero attached hydrogens (tertiary/aromatic N) is 5. The van der Waals surface area contributed by atoms with E-state index in [1.54, 1.807) is 12.4 Å². The second-order valence-electron chi connectivity index (χ2n) is 7.09. The summed E-state index contributed by atoms with van der Waals surface area (Å²) in [7, 11) is 2.05. The number of hydrogen-bond acceptors (Lipinski definition) is 4. The van der Waals surface area contributed by atoms with E-state index in [2.05, 4.69) is 81.2 Å². The summed E-state index contributed by atoms with van der Waals surface area (Å²) in [5.74, 6) is 0.973. The van der Waals surface area contributed by atoms with Crippen molar-refractivity contribution in [3.8, 4) is 11.3 Å². The Morgan fingerprint density at radius 3 is 2.25 bits per heavy atom. The van der Waals surface area contributed by atoms with Gasteiger partial charge in [-0.3, -0.25) is 4.68 Å². The average molecular weight is 367 g/mol. The monoisotopic (exact) mass is 367 g/mol. The van der Waals surface area contributed by atoms with Gasteiger partial charge in [0, 0.05) is 49.6 Å². The van der Waals surface area contributed by atoms with E-state index in [0.717, 1.165) is 30.3 Å². The highest BCUT2D eigenvalue weighted by atomic mass is 15.3. The summed E-state index contributed by atoms with van der Waals surface area (Å²) in [5.41, 5.74) is 5.99. The van der Waals surface area contributed by atoms with Gasteiger partial charge in [-0.05, 0) is 11.6 Å². The molecule has 1 aliphatic rings. The van der Waals surface area contributed by atoms with Crippen LogP contribution in [0.1, 0.15) is 22.7 Å². The van der Waals surface area contributed by atoms with Crippen LogP contribution in [0.5, 0.6) is 0 Å². The van der Waals surface area contributed by atoms with Gasteiger partial charge in [-0.2, -0.15) is 5.10 Å². The summed E-state index contributed by atoms with van der Waals surface area (Å²) in [6.07, 6.45) is 3.60. The highest BCUT2D eigenvalue weighted by Crippen LogP contribution is 2.38. The third-order valence-corrected chi connectivity index (χ3v) is 5.36. The summed E-state index contributed by atoms with van der Waals surface area (Å²) >= 11 is 0. The first-order valence-corrected chi connectivity index (χ1v) is 9.49. The first-order valence-electron chi connectivity index (χ1n) is 9.49. The van der Waals surface area contributed by atoms with E-state index in [9.17, 15) is 0 Å². The SMILES string of the molecule is Cn1nc(-c2ccccc2)c2c1C(c1ccccc1)CN(c1ncccn1)C2. The Kier molecular flexibility index (Phi) is 4.13. The highest BCUT2D eigenvalue weighted by molar-refractivity contribution is 5.66. The van der Waals surface area contributed by atoms with Crippen molar-refractivity contribution >= 4 is 5.95 Å². The van der Waals surface area contributed by atoms with Crippen LogP contribution in [0, 0.1) is 0 Å². The Morgan fingerprint density at radius 1 is 0.857 bits per heavy atom. The van der Waals surface area contributed by atoms with Gasteiger partial charge >= 0.3 is 0 Å². The van der Waals surface area contributed by atoms with Crippen LogP contribution in [0.25, 0.3) is 11.3 Å². The lowest BCUT2D eigenvalue weighted by Crippen LogP contribution is -2.36. The smallest absolute Gasteiger partial charge is 0.225 e. The summed E-state index contributed by atoms with van der Waals surface area (Å²) < 4.78 is 2.05. The highest BCUT2D eigenvalue weighted by Gasteiger charge is 2.33. The molecule has 0 N–H and O–H groups in total. The normalized spacial score (nSPS) is 16.0. The number of fused-ring (bicyclic) bond motifs is 1. The maximum absolute atomic E-state index is 4.92. The number of anilines is 1.